The average molecular weight is 357 g/mol. The second-order valence-electron chi connectivity index (χ2n) is 3.97. The van der Waals surface area contributed by atoms with E-state index in [1.165, 1.54) is 6.07 Å². The number of benzene rings is 2. The summed E-state index contributed by atoms with van der Waals surface area (Å²) < 4.78 is 26.8. The van der Waals surface area contributed by atoms with Gasteiger partial charge in [-0.1, -0.05) is 6.07 Å². The summed E-state index contributed by atoms with van der Waals surface area (Å²) in [4.78, 5) is 22.0. The summed E-state index contributed by atoms with van der Waals surface area (Å²) in [5.41, 5.74) is -1.08. The van der Waals surface area contributed by atoms with Crippen molar-refractivity contribution in [3.05, 3.63) is 68.2 Å². The van der Waals surface area contributed by atoms with E-state index in [4.69, 9.17) is 0 Å². The molecule has 0 aliphatic heterocycles. The Labute approximate surface area is 125 Å². The van der Waals surface area contributed by atoms with Gasteiger partial charge >= 0.3 is 0 Å². The van der Waals surface area contributed by atoms with Crippen molar-refractivity contribution >= 4 is 33.2 Å². The second-order valence-corrected chi connectivity index (χ2v) is 4.82. The molecule has 0 spiro atoms. The summed E-state index contributed by atoms with van der Waals surface area (Å²) in [5, 5.41) is 13.0. The van der Waals surface area contributed by atoms with Crippen LogP contribution in [-0.2, 0) is 0 Å². The number of nitrogens with one attached hydrogen (secondary N) is 1. The van der Waals surface area contributed by atoms with Gasteiger partial charge in [-0.3, -0.25) is 14.9 Å². The molecule has 8 heteroatoms. The lowest BCUT2D eigenvalue weighted by molar-refractivity contribution is -0.384. The molecule has 0 bridgehead atoms. The molecule has 1 N–H and O–H groups in total. The number of nitrogens with zero attached hydrogens (tertiary/aromatic N) is 1. The van der Waals surface area contributed by atoms with E-state index in [0.29, 0.717) is 0 Å². The highest BCUT2D eigenvalue weighted by Crippen LogP contribution is 2.28. The maximum Gasteiger partial charge on any atom is 0.295 e. The first kappa shape index (κ1) is 15.0. The zero-order valence-corrected chi connectivity index (χ0v) is 11.9. The zero-order chi connectivity index (χ0) is 15.6. The standard InChI is InChI=1S/C13H7BrF2N2O3/c14-9-6-7(15)4-5-8(9)13(19)17-12-10(16)2-1-3-11(12)18(20)21/h1-6H,(H,17,19). The molecule has 2 aromatic rings. The van der Waals surface area contributed by atoms with Crippen LogP contribution in [0.15, 0.2) is 40.9 Å². The molecular weight excluding hydrogens is 350 g/mol. The number of carbonyl (C=O) groups is 1. The van der Waals surface area contributed by atoms with Crippen molar-refractivity contribution in [3.8, 4) is 0 Å². The highest BCUT2D eigenvalue weighted by Gasteiger charge is 2.21. The summed E-state index contributed by atoms with van der Waals surface area (Å²) in [5.74, 6) is -2.29. The van der Waals surface area contributed by atoms with Crippen LogP contribution < -0.4 is 5.32 Å². The van der Waals surface area contributed by atoms with Crippen LogP contribution >= 0.6 is 15.9 Å². The fourth-order valence-corrected chi connectivity index (χ4v) is 2.17. The first-order chi connectivity index (χ1) is 9.90. The van der Waals surface area contributed by atoms with Crippen molar-refractivity contribution in [2.45, 2.75) is 0 Å². The van der Waals surface area contributed by atoms with Crippen molar-refractivity contribution in [2.75, 3.05) is 5.32 Å². The van der Waals surface area contributed by atoms with Gasteiger partial charge in [-0.2, -0.15) is 0 Å². The van der Waals surface area contributed by atoms with Gasteiger partial charge in [0.15, 0.2) is 11.5 Å². The fraction of sp³-hybridized carbons (Fsp3) is 0. The van der Waals surface area contributed by atoms with E-state index in [9.17, 15) is 23.7 Å². The number of para-hydroxylation sites is 1. The number of hydrogen-bond acceptors (Lipinski definition) is 3. The summed E-state index contributed by atoms with van der Waals surface area (Å²) in [6, 6.07) is 6.51. The van der Waals surface area contributed by atoms with Gasteiger partial charge in [-0.05, 0) is 40.2 Å². The molecule has 0 radical (unpaired) electrons. The predicted molar refractivity (Wildman–Crippen MR) is 75.1 cm³/mol. The van der Waals surface area contributed by atoms with Crippen LogP contribution in [0.5, 0.6) is 0 Å². The molecule has 0 saturated heterocycles. The third kappa shape index (κ3) is 3.22. The Balaban J connectivity index is 2.38. The zero-order valence-electron chi connectivity index (χ0n) is 10.3. The van der Waals surface area contributed by atoms with E-state index < -0.39 is 33.8 Å². The van der Waals surface area contributed by atoms with Crippen molar-refractivity contribution < 1.29 is 18.5 Å². The Morgan fingerprint density at radius 2 is 1.95 bits per heavy atom. The van der Waals surface area contributed by atoms with Gasteiger partial charge in [0.1, 0.15) is 5.82 Å². The van der Waals surface area contributed by atoms with Crippen LogP contribution in [0.4, 0.5) is 20.2 Å². The van der Waals surface area contributed by atoms with Gasteiger partial charge in [-0.25, -0.2) is 8.78 Å². The third-order valence-electron chi connectivity index (χ3n) is 2.60. The molecule has 5 nitrogen and oxygen atoms in total. The molecule has 2 rings (SSSR count). The van der Waals surface area contributed by atoms with Crippen LogP contribution in [0.2, 0.25) is 0 Å². The van der Waals surface area contributed by atoms with Crippen LogP contribution in [-0.4, -0.2) is 10.8 Å². The number of carbonyl (C=O) groups excluding carboxylic acids is 1. The summed E-state index contributed by atoms with van der Waals surface area (Å²) >= 11 is 3.00. The number of rotatable bonds is 3. The highest BCUT2D eigenvalue weighted by atomic mass is 79.9. The first-order valence-corrected chi connectivity index (χ1v) is 6.38. The number of amides is 1. The molecule has 0 aliphatic rings. The maximum atomic E-state index is 13.7. The van der Waals surface area contributed by atoms with Gasteiger partial charge in [0.05, 0.1) is 10.5 Å². The number of anilines is 1. The van der Waals surface area contributed by atoms with Crippen LogP contribution in [0.1, 0.15) is 10.4 Å². The molecule has 0 aromatic heterocycles. The van der Waals surface area contributed by atoms with E-state index in [1.54, 1.807) is 0 Å². The SMILES string of the molecule is O=C(Nc1c(F)cccc1[N+](=O)[O-])c1ccc(F)cc1Br. The molecule has 0 atom stereocenters. The Bertz CT molecular complexity index is 737. The lowest BCUT2D eigenvalue weighted by atomic mass is 10.2. The Morgan fingerprint density at radius 1 is 1.24 bits per heavy atom. The maximum absolute atomic E-state index is 13.7. The largest absolute Gasteiger partial charge is 0.314 e. The molecule has 0 saturated carbocycles. The summed E-state index contributed by atoms with van der Waals surface area (Å²) in [6.07, 6.45) is 0. The smallest absolute Gasteiger partial charge is 0.295 e. The van der Waals surface area contributed by atoms with E-state index in [2.05, 4.69) is 21.2 Å². The molecule has 108 valence electrons. The number of nitro groups is 1. The molecule has 0 aliphatic carbocycles. The van der Waals surface area contributed by atoms with Gasteiger partial charge < -0.3 is 5.32 Å². The van der Waals surface area contributed by atoms with E-state index >= 15 is 0 Å². The van der Waals surface area contributed by atoms with E-state index in [1.807, 2.05) is 0 Å². The number of halogens is 3. The van der Waals surface area contributed by atoms with Crippen molar-refractivity contribution in [1.29, 1.82) is 0 Å². The van der Waals surface area contributed by atoms with Gasteiger partial charge in [0, 0.05) is 10.5 Å². The number of hydrogen-bond donors (Lipinski definition) is 1. The van der Waals surface area contributed by atoms with E-state index in [0.717, 1.165) is 30.3 Å². The van der Waals surface area contributed by atoms with Crippen LogP contribution in [0.3, 0.4) is 0 Å². The van der Waals surface area contributed by atoms with Crippen molar-refractivity contribution in [1.82, 2.24) is 0 Å². The normalized spacial score (nSPS) is 10.2. The van der Waals surface area contributed by atoms with Gasteiger partial charge in [-0.15, -0.1) is 0 Å². The minimum Gasteiger partial charge on any atom is -0.314 e. The lowest BCUT2D eigenvalue weighted by Crippen LogP contribution is -2.15. The first-order valence-electron chi connectivity index (χ1n) is 5.59. The molecule has 0 fully saturated rings. The Kier molecular flexibility index (Phi) is 4.27. The Morgan fingerprint density at radius 3 is 2.57 bits per heavy atom. The van der Waals surface area contributed by atoms with Gasteiger partial charge in [0.25, 0.3) is 11.6 Å². The molecule has 2 aromatic carbocycles. The van der Waals surface area contributed by atoms with Crippen molar-refractivity contribution in [2.24, 2.45) is 0 Å². The fourth-order valence-electron chi connectivity index (χ4n) is 1.64. The third-order valence-corrected chi connectivity index (χ3v) is 3.26. The highest BCUT2D eigenvalue weighted by molar-refractivity contribution is 9.10. The van der Waals surface area contributed by atoms with Crippen molar-refractivity contribution in [3.63, 3.8) is 0 Å². The number of nitro benzene ring substituents is 1. The second kappa shape index (κ2) is 5.96. The molecule has 1 amide bonds. The molecule has 0 heterocycles. The van der Waals surface area contributed by atoms with Crippen LogP contribution in [0, 0.1) is 21.7 Å². The average Bonchev–Trinajstić information content (AvgIpc) is 2.40. The molecular formula is C13H7BrF2N2O3. The summed E-state index contributed by atoms with van der Waals surface area (Å²) in [7, 11) is 0. The van der Waals surface area contributed by atoms with E-state index in [-0.39, 0.29) is 10.0 Å². The predicted octanol–water partition coefficient (Wildman–Crippen LogP) is 3.89. The minimum atomic E-state index is -0.934. The minimum absolute atomic E-state index is 0.0222. The molecule has 0 unspecified atom stereocenters. The van der Waals surface area contributed by atoms with Gasteiger partial charge in [0.2, 0.25) is 0 Å². The lowest BCUT2D eigenvalue weighted by Gasteiger charge is -2.08. The van der Waals surface area contributed by atoms with Crippen LogP contribution in [0.25, 0.3) is 0 Å². The monoisotopic (exact) mass is 356 g/mol. The quantitative estimate of drug-likeness (QED) is 0.669. The summed E-state index contributed by atoms with van der Waals surface area (Å²) in [6.45, 7) is 0. The Hall–Kier alpha value is -2.35. The molecule has 21 heavy (non-hydrogen) atoms. The topological polar surface area (TPSA) is 72.2 Å².